The third-order valence-corrected chi connectivity index (χ3v) is 4.81. The molecule has 0 spiro atoms. The Balaban J connectivity index is 1.90. The topological polar surface area (TPSA) is 82.1 Å². The largest absolute Gasteiger partial charge is 0.504 e. The number of phenols is 1. The van der Waals surface area contributed by atoms with Gasteiger partial charge in [-0.25, -0.2) is 0 Å². The van der Waals surface area contributed by atoms with Crippen LogP contribution in [0.3, 0.4) is 0 Å². The average Bonchev–Trinajstić information content (AvgIpc) is 2.98. The number of hydrogen-bond acceptors (Lipinski definition) is 6. The maximum atomic E-state index is 12.6. The van der Waals surface area contributed by atoms with Crippen molar-refractivity contribution in [2.24, 2.45) is 0 Å². The molecule has 0 fully saturated rings. The van der Waals surface area contributed by atoms with Crippen LogP contribution in [0.5, 0.6) is 23.0 Å². The highest BCUT2D eigenvalue weighted by molar-refractivity contribution is 6.13. The van der Waals surface area contributed by atoms with Crippen molar-refractivity contribution in [2.45, 2.75) is 26.2 Å². The molecule has 0 unspecified atom stereocenters. The van der Waals surface area contributed by atoms with Gasteiger partial charge in [0.1, 0.15) is 11.5 Å². The molecule has 0 radical (unpaired) electrons. The zero-order valence-electron chi connectivity index (χ0n) is 15.2. The van der Waals surface area contributed by atoms with Gasteiger partial charge >= 0.3 is 5.97 Å². The fourth-order valence-corrected chi connectivity index (χ4v) is 3.53. The van der Waals surface area contributed by atoms with E-state index in [-0.39, 0.29) is 23.9 Å². The summed E-state index contributed by atoms with van der Waals surface area (Å²) in [5.74, 6) is 0.438. The molecular weight excluding hydrogens is 348 g/mol. The number of fused-ring (bicyclic) bond motifs is 3. The molecule has 0 aliphatic carbocycles. The average molecular weight is 366 g/mol. The van der Waals surface area contributed by atoms with Crippen LogP contribution in [0.2, 0.25) is 0 Å². The van der Waals surface area contributed by atoms with Crippen LogP contribution in [0.4, 0.5) is 0 Å². The first-order chi connectivity index (χ1) is 12.9. The fraction of sp³-hybridized carbons (Fsp3) is 0.238. The highest BCUT2D eigenvalue weighted by atomic mass is 16.5. The quantitative estimate of drug-likeness (QED) is 0.496. The van der Waals surface area contributed by atoms with Gasteiger partial charge in [-0.1, -0.05) is 6.07 Å². The van der Waals surface area contributed by atoms with Gasteiger partial charge in [0, 0.05) is 11.5 Å². The van der Waals surface area contributed by atoms with E-state index < -0.39 is 5.92 Å². The predicted molar refractivity (Wildman–Crippen MR) is 96.5 cm³/mol. The van der Waals surface area contributed by atoms with Crippen molar-refractivity contribution in [3.63, 3.8) is 0 Å². The summed E-state index contributed by atoms with van der Waals surface area (Å²) in [6.45, 7) is 3.62. The second kappa shape index (κ2) is 6.16. The summed E-state index contributed by atoms with van der Waals surface area (Å²) < 4.78 is 16.4. The number of methoxy groups -OCH3 is 1. The Morgan fingerprint density at radius 3 is 2.59 bits per heavy atom. The van der Waals surface area contributed by atoms with E-state index in [1.54, 1.807) is 30.3 Å². The lowest BCUT2D eigenvalue weighted by atomic mass is 9.84. The van der Waals surface area contributed by atoms with Crippen LogP contribution >= 0.6 is 0 Å². The lowest BCUT2D eigenvalue weighted by Crippen LogP contribution is -2.21. The lowest BCUT2D eigenvalue weighted by molar-refractivity contribution is -0.135. The SMILES string of the molecule is COc1ccc([C@@H]2CC(=O)Oc3ccc4c(c32)OC(=C(C)C)C4=O)cc1O. The number of aromatic hydroxyl groups is 1. The minimum atomic E-state index is -0.405. The van der Waals surface area contributed by atoms with Crippen LogP contribution in [0.1, 0.15) is 47.7 Å². The van der Waals surface area contributed by atoms with E-state index in [0.29, 0.717) is 39.7 Å². The molecule has 27 heavy (non-hydrogen) atoms. The normalized spacial score (nSPS) is 17.7. The second-order valence-corrected chi connectivity index (χ2v) is 6.78. The second-order valence-electron chi connectivity index (χ2n) is 6.78. The molecule has 6 nitrogen and oxygen atoms in total. The van der Waals surface area contributed by atoms with Crippen LogP contribution in [0, 0.1) is 0 Å². The molecule has 2 heterocycles. The molecule has 2 aromatic rings. The van der Waals surface area contributed by atoms with Crippen LogP contribution in [-0.4, -0.2) is 24.0 Å². The van der Waals surface area contributed by atoms with Crippen LogP contribution in [-0.2, 0) is 4.79 Å². The summed E-state index contributed by atoms with van der Waals surface area (Å²) in [5.41, 5.74) is 2.57. The van der Waals surface area contributed by atoms with Gasteiger partial charge in [-0.05, 0) is 49.2 Å². The van der Waals surface area contributed by atoms with Crippen molar-refractivity contribution in [1.29, 1.82) is 0 Å². The molecule has 4 rings (SSSR count). The van der Waals surface area contributed by atoms with Crippen LogP contribution < -0.4 is 14.2 Å². The molecule has 2 aliphatic heterocycles. The van der Waals surface area contributed by atoms with Gasteiger partial charge in [0.05, 0.1) is 19.1 Å². The Morgan fingerprint density at radius 1 is 1.15 bits per heavy atom. The number of carbonyl (C=O) groups is 2. The number of hydrogen-bond donors (Lipinski definition) is 1. The van der Waals surface area contributed by atoms with Gasteiger partial charge in [-0.2, -0.15) is 0 Å². The molecule has 2 aliphatic rings. The summed E-state index contributed by atoms with van der Waals surface area (Å²) >= 11 is 0. The molecule has 0 aromatic heterocycles. The first-order valence-corrected chi connectivity index (χ1v) is 8.55. The molecule has 6 heteroatoms. The van der Waals surface area contributed by atoms with E-state index in [9.17, 15) is 14.7 Å². The van der Waals surface area contributed by atoms with Crippen molar-refractivity contribution in [1.82, 2.24) is 0 Å². The highest BCUT2D eigenvalue weighted by Gasteiger charge is 2.38. The predicted octanol–water partition coefficient (Wildman–Crippen LogP) is 3.71. The Bertz CT molecular complexity index is 1010. The molecule has 0 saturated carbocycles. The molecule has 2 aromatic carbocycles. The van der Waals surface area contributed by atoms with Crippen molar-refractivity contribution in [3.05, 3.63) is 58.4 Å². The van der Waals surface area contributed by atoms with E-state index >= 15 is 0 Å². The monoisotopic (exact) mass is 366 g/mol. The Labute approximate surface area is 156 Å². The van der Waals surface area contributed by atoms with Gasteiger partial charge in [-0.3, -0.25) is 9.59 Å². The molecule has 1 atom stereocenters. The highest BCUT2D eigenvalue weighted by Crippen LogP contribution is 2.49. The molecular formula is C21H18O6. The van der Waals surface area contributed by atoms with Crippen molar-refractivity contribution < 1.29 is 28.9 Å². The van der Waals surface area contributed by atoms with E-state index in [4.69, 9.17) is 14.2 Å². The van der Waals surface area contributed by atoms with Gasteiger partial charge in [0.25, 0.3) is 0 Å². The number of carbonyl (C=O) groups excluding carboxylic acids is 2. The van der Waals surface area contributed by atoms with E-state index in [2.05, 4.69) is 0 Å². The Morgan fingerprint density at radius 2 is 1.93 bits per heavy atom. The van der Waals surface area contributed by atoms with Gasteiger partial charge in [0.15, 0.2) is 17.3 Å². The Kier molecular flexibility index (Phi) is 3.91. The number of esters is 1. The molecule has 0 saturated heterocycles. The van der Waals surface area contributed by atoms with Crippen molar-refractivity contribution in [3.8, 4) is 23.0 Å². The van der Waals surface area contributed by atoms with Gasteiger partial charge in [-0.15, -0.1) is 0 Å². The number of ketones is 1. The smallest absolute Gasteiger partial charge is 0.312 e. The maximum Gasteiger partial charge on any atom is 0.312 e. The van der Waals surface area contributed by atoms with E-state index in [1.165, 1.54) is 7.11 Å². The lowest BCUT2D eigenvalue weighted by Gasteiger charge is -2.26. The van der Waals surface area contributed by atoms with Gasteiger partial charge < -0.3 is 19.3 Å². The zero-order valence-corrected chi connectivity index (χ0v) is 15.2. The third kappa shape index (κ3) is 2.65. The summed E-state index contributed by atoms with van der Waals surface area (Å²) in [5, 5.41) is 10.2. The minimum Gasteiger partial charge on any atom is -0.504 e. The van der Waals surface area contributed by atoms with Crippen molar-refractivity contribution in [2.75, 3.05) is 7.11 Å². The minimum absolute atomic E-state index is 0.0231. The molecule has 0 bridgehead atoms. The van der Waals surface area contributed by atoms with E-state index in [1.807, 2.05) is 13.8 Å². The number of ether oxygens (including phenoxy) is 3. The maximum absolute atomic E-state index is 12.6. The number of benzene rings is 2. The number of allylic oxidation sites excluding steroid dienone is 2. The summed E-state index contributed by atoms with van der Waals surface area (Å²) in [6, 6.07) is 8.22. The standard InChI is InChI=1S/C21H18O6/c1-10(2)20-19(24)12-5-7-16-18(21(12)27-20)13(9-17(23)26-16)11-4-6-15(25-3)14(22)8-11/h4-8,13,22H,9H2,1-3H3/t13-/m0/s1. The number of Topliss-reactive ketones (excluding diaryl/α,β-unsaturated/α-hetero) is 1. The third-order valence-electron chi connectivity index (χ3n) is 4.81. The van der Waals surface area contributed by atoms with Crippen molar-refractivity contribution >= 4 is 11.8 Å². The first-order valence-electron chi connectivity index (χ1n) is 8.55. The Hall–Kier alpha value is -3.28. The van der Waals surface area contributed by atoms with Crippen LogP contribution in [0.15, 0.2) is 41.7 Å². The van der Waals surface area contributed by atoms with Crippen LogP contribution in [0.25, 0.3) is 0 Å². The summed E-state index contributed by atoms with van der Waals surface area (Å²) in [7, 11) is 1.47. The summed E-state index contributed by atoms with van der Waals surface area (Å²) in [6.07, 6.45) is 0.0803. The fourth-order valence-electron chi connectivity index (χ4n) is 3.53. The molecule has 1 N–H and O–H groups in total. The molecule has 0 amide bonds. The zero-order chi connectivity index (χ0) is 19.3. The summed E-state index contributed by atoms with van der Waals surface area (Å²) in [4.78, 5) is 24.8. The number of rotatable bonds is 2. The van der Waals surface area contributed by atoms with Gasteiger partial charge in [0.2, 0.25) is 5.78 Å². The number of phenolic OH excluding ortho intramolecular Hbond substituents is 1. The van der Waals surface area contributed by atoms with E-state index in [0.717, 1.165) is 5.57 Å². The molecule has 138 valence electrons. The first kappa shape index (κ1) is 17.1.